The van der Waals surface area contributed by atoms with E-state index in [1.54, 1.807) is 0 Å². The van der Waals surface area contributed by atoms with Crippen molar-refractivity contribution in [3.05, 3.63) is 57.7 Å². The predicted octanol–water partition coefficient (Wildman–Crippen LogP) is 3.38. The molecule has 0 bridgehead atoms. The van der Waals surface area contributed by atoms with Crippen molar-refractivity contribution >= 4 is 5.69 Å². The summed E-state index contributed by atoms with van der Waals surface area (Å²) in [6.45, 7) is 1.38. The molecule has 0 fully saturated rings. The summed E-state index contributed by atoms with van der Waals surface area (Å²) in [6, 6.07) is 1.77. The second-order valence-corrected chi connectivity index (χ2v) is 3.81. The molecule has 19 heavy (non-hydrogen) atoms. The van der Waals surface area contributed by atoms with Gasteiger partial charge in [0.25, 0.3) is 5.69 Å². The third-order valence-electron chi connectivity index (χ3n) is 2.71. The van der Waals surface area contributed by atoms with Gasteiger partial charge in [-0.05, 0) is 19.1 Å². The summed E-state index contributed by atoms with van der Waals surface area (Å²) in [5, 5.41) is 10.7. The minimum Gasteiger partial charge on any atom is -0.258 e. The summed E-state index contributed by atoms with van der Waals surface area (Å²) < 4.78 is 39.7. The molecule has 0 aliphatic rings. The first-order valence-corrected chi connectivity index (χ1v) is 5.16. The van der Waals surface area contributed by atoms with E-state index in [1.807, 2.05) is 0 Å². The summed E-state index contributed by atoms with van der Waals surface area (Å²) in [5.74, 6) is -4.34. The standard InChI is InChI=1S/C12H7F3N2O2/c1-6-8(4-16-5-10(6)17(18)19)7-2-3-9(13)12(15)11(7)14/h2-5H,1H3. The van der Waals surface area contributed by atoms with Crippen molar-refractivity contribution in [3.8, 4) is 11.1 Å². The van der Waals surface area contributed by atoms with Crippen molar-refractivity contribution in [2.24, 2.45) is 0 Å². The molecule has 2 aromatic rings. The lowest BCUT2D eigenvalue weighted by atomic mass is 10.0. The van der Waals surface area contributed by atoms with Crippen LogP contribution in [0.1, 0.15) is 5.56 Å². The molecule has 0 saturated heterocycles. The minimum atomic E-state index is -1.62. The highest BCUT2D eigenvalue weighted by Crippen LogP contribution is 2.31. The molecule has 0 amide bonds. The van der Waals surface area contributed by atoms with Crippen LogP contribution >= 0.6 is 0 Å². The van der Waals surface area contributed by atoms with Crippen molar-refractivity contribution in [1.82, 2.24) is 4.98 Å². The Hall–Kier alpha value is -2.44. The van der Waals surface area contributed by atoms with Crippen LogP contribution in [0.4, 0.5) is 18.9 Å². The second-order valence-electron chi connectivity index (χ2n) is 3.81. The number of aromatic nitrogens is 1. The van der Waals surface area contributed by atoms with Crippen molar-refractivity contribution in [2.75, 3.05) is 0 Å². The third-order valence-corrected chi connectivity index (χ3v) is 2.71. The van der Waals surface area contributed by atoms with E-state index >= 15 is 0 Å². The SMILES string of the molecule is Cc1c(-c2ccc(F)c(F)c2F)cncc1[N+](=O)[O-]. The molecule has 1 heterocycles. The van der Waals surface area contributed by atoms with Crippen LogP contribution in [0.25, 0.3) is 11.1 Å². The van der Waals surface area contributed by atoms with Crippen LogP contribution in [-0.4, -0.2) is 9.91 Å². The Balaban J connectivity index is 2.70. The number of nitro groups is 1. The maximum absolute atomic E-state index is 13.6. The average molecular weight is 268 g/mol. The molecule has 1 aromatic heterocycles. The number of nitrogens with zero attached hydrogens (tertiary/aromatic N) is 2. The van der Waals surface area contributed by atoms with Crippen molar-refractivity contribution in [1.29, 1.82) is 0 Å². The largest absolute Gasteiger partial charge is 0.291 e. The highest BCUT2D eigenvalue weighted by molar-refractivity contribution is 5.70. The van der Waals surface area contributed by atoms with E-state index in [0.29, 0.717) is 0 Å². The Morgan fingerprint density at radius 1 is 1.11 bits per heavy atom. The fraction of sp³-hybridized carbons (Fsp3) is 0.0833. The molecule has 0 N–H and O–H groups in total. The number of halogens is 3. The lowest BCUT2D eigenvalue weighted by Crippen LogP contribution is -1.99. The van der Waals surface area contributed by atoms with Crippen LogP contribution in [0, 0.1) is 34.5 Å². The third kappa shape index (κ3) is 2.14. The summed E-state index contributed by atoms with van der Waals surface area (Å²) in [6.07, 6.45) is 2.18. The van der Waals surface area contributed by atoms with Crippen LogP contribution in [0.5, 0.6) is 0 Å². The van der Waals surface area contributed by atoms with Crippen LogP contribution in [0.3, 0.4) is 0 Å². The zero-order chi connectivity index (χ0) is 14.2. The fourth-order valence-corrected chi connectivity index (χ4v) is 1.70. The van der Waals surface area contributed by atoms with E-state index < -0.39 is 22.4 Å². The molecule has 0 spiro atoms. The molecule has 0 saturated carbocycles. The summed E-state index contributed by atoms with van der Waals surface area (Å²) >= 11 is 0. The maximum Gasteiger partial charge on any atom is 0.291 e. The molecule has 4 nitrogen and oxygen atoms in total. The van der Waals surface area contributed by atoms with Crippen LogP contribution < -0.4 is 0 Å². The van der Waals surface area contributed by atoms with E-state index in [-0.39, 0.29) is 22.4 Å². The molecule has 1 aromatic carbocycles. The van der Waals surface area contributed by atoms with Gasteiger partial charge in [-0.15, -0.1) is 0 Å². The molecule has 98 valence electrons. The van der Waals surface area contributed by atoms with Gasteiger partial charge in [0.15, 0.2) is 17.5 Å². The second kappa shape index (κ2) is 4.68. The molecule has 0 unspecified atom stereocenters. The van der Waals surface area contributed by atoms with Crippen molar-refractivity contribution in [2.45, 2.75) is 6.92 Å². The summed E-state index contributed by atoms with van der Waals surface area (Å²) in [4.78, 5) is 13.7. The first-order valence-electron chi connectivity index (χ1n) is 5.16. The Kier molecular flexibility index (Phi) is 3.20. The van der Waals surface area contributed by atoms with Gasteiger partial charge < -0.3 is 0 Å². The summed E-state index contributed by atoms with van der Waals surface area (Å²) in [5.41, 5.74) is -0.412. The molecular formula is C12H7F3N2O2. The van der Waals surface area contributed by atoms with Gasteiger partial charge in [-0.1, -0.05) is 0 Å². The van der Waals surface area contributed by atoms with E-state index in [2.05, 4.69) is 4.98 Å². The molecule has 0 atom stereocenters. The fourth-order valence-electron chi connectivity index (χ4n) is 1.70. The quantitative estimate of drug-likeness (QED) is 0.476. The van der Waals surface area contributed by atoms with Crippen LogP contribution in [0.2, 0.25) is 0 Å². The smallest absolute Gasteiger partial charge is 0.258 e. The van der Waals surface area contributed by atoms with Gasteiger partial charge in [0.1, 0.15) is 6.20 Å². The predicted molar refractivity (Wildman–Crippen MR) is 60.9 cm³/mol. The highest BCUT2D eigenvalue weighted by atomic mass is 19.2. The number of hydrogen-bond acceptors (Lipinski definition) is 3. The molecular weight excluding hydrogens is 261 g/mol. The highest BCUT2D eigenvalue weighted by Gasteiger charge is 2.20. The Morgan fingerprint density at radius 3 is 2.42 bits per heavy atom. The zero-order valence-electron chi connectivity index (χ0n) is 9.65. The van der Waals surface area contributed by atoms with Gasteiger partial charge in [0, 0.05) is 22.9 Å². The Bertz CT molecular complexity index is 674. The van der Waals surface area contributed by atoms with Gasteiger partial charge in [-0.25, -0.2) is 13.2 Å². The van der Waals surface area contributed by atoms with Gasteiger partial charge >= 0.3 is 0 Å². The molecule has 0 aliphatic heterocycles. The lowest BCUT2D eigenvalue weighted by molar-refractivity contribution is -0.385. The van der Waals surface area contributed by atoms with E-state index in [0.717, 1.165) is 24.5 Å². The first-order chi connectivity index (χ1) is 8.93. The van der Waals surface area contributed by atoms with Gasteiger partial charge in [0.05, 0.1) is 4.92 Å². The molecule has 2 rings (SSSR count). The van der Waals surface area contributed by atoms with E-state index in [1.165, 1.54) is 6.92 Å². The molecule has 7 heteroatoms. The topological polar surface area (TPSA) is 56.0 Å². The van der Waals surface area contributed by atoms with Crippen molar-refractivity contribution in [3.63, 3.8) is 0 Å². The summed E-state index contributed by atoms with van der Waals surface area (Å²) in [7, 11) is 0. The molecule has 0 aliphatic carbocycles. The number of pyridine rings is 1. The maximum atomic E-state index is 13.6. The number of benzene rings is 1. The minimum absolute atomic E-state index is 0.0469. The Labute approximate surface area is 105 Å². The van der Waals surface area contributed by atoms with Gasteiger partial charge in [-0.2, -0.15) is 0 Å². The Morgan fingerprint density at radius 2 is 1.79 bits per heavy atom. The lowest BCUT2D eigenvalue weighted by Gasteiger charge is -2.07. The van der Waals surface area contributed by atoms with E-state index in [4.69, 9.17) is 0 Å². The van der Waals surface area contributed by atoms with E-state index in [9.17, 15) is 23.3 Å². The monoisotopic (exact) mass is 268 g/mol. The molecule has 0 radical (unpaired) electrons. The number of hydrogen-bond donors (Lipinski definition) is 0. The van der Waals surface area contributed by atoms with Crippen LogP contribution in [0.15, 0.2) is 24.5 Å². The van der Waals surface area contributed by atoms with Gasteiger partial charge in [-0.3, -0.25) is 15.1 Å². The normalized spacial score (nSPS) is 10.5. The first kappa shape index (κ1) is 13.0. The number of rotatable bonds is 2. The zero-order valence-corrected chi connectivity index (χ0v) is 9.65. The van der Waals surface area contributed by atoms with Crippen LogP contribution in [-0.2, 0) is 0 Å². The average Bonchev–Trinajstić information content (AvgIpc) is 2.37. The van der Waals surface area contributed by atoms with Crippen molar-refractivity contribution < 1.29 is 18.1 Å². The van der Waals surface area contributed by atoms with Gasteiger partial charge in [0.2, 0.25) is 0 Å².